The lowest BCUT2D eigenvalue weighted by molar-refractivity contribution is -0.138. The van der Waals surface area contributed by atoms with Crippen molar-refractivity contribution in [2.75, 3.05) is 6.54 Å². The molecular formula is C15H19NO3. The van der Waals surface area contributed by atoms with Crippen LogP contribution in [0.25, 0.3) is 0 Å². The number of carboxylic acid groups (broad SMARTS) is 1. The molecule has 4 heteroatoms. The van der Waals surface area contributed by atoms with E-state index in [1.54, 1.807) is 6.92 Å². The van der Waals surface area contributed by atoms with Crippen LogP contribution in [-0.2, 0) is 16.0 Å². The Labute approximate surface area is 112 Å². The Hall–Kier alpha value is -1.84. The summed E-state index contributed by atoms with van der Waals surface area (Å²) in [6.45, 7) is 2.43. The molecule has 1 aliphatic rings. The minimum absolute atomic E-state index is 0.0414. The predicted molar refractivity (Wildman–Crippen MR) is 71.9 cm³/mol. The summed E-state index contributed by atoms with van der Waals surface area (Å²) in [6, 6.07) is 8.26. The second-order valence-corrected chi connectivity index (χ2v) is 5.31. The third-order valence-corrected chi connectivity index (χ3v) is 3.56. The van der Waals surface area contributed by atoms with E-state index in [1.165, 1.54) is 11.1 Å². The Morgan fingerprint density at radius 1 is 1.37 bits per heavy atom. The fraction of sp³-hybridized carbons (Fsp3) is 0.467. The molecule has 0 saturated heterocycles. The van der Waals surface area contributed by atoms with E-state index in [0.29, 0.717) is 12.5 Å². The van der Waals surface area contributed by atoms with Crippen LogP contribution < -0.4 is 5.32 Å². The second kappa shape index (κ2) is 5.87. The van der Waals surface area contributed by atoms with Crippen LogP contribution >= 0.6 is 0 Å². The number of carbonyl (C=O) groups excluding carboxylic acids is 1. The molecule has 1 aliphatic carbocycles. The molecule has 1 aromatic carbocycles. The highest BCUT2D eigenvalue weighted by Crippen LogP contribution is 2.33. The first-order chi connectivity index (χ1) is 9.06. The van der Waals surface area contributed by atoms with E-state index >= 15 is 0 Å². The van der Waals surface area contributed by atoms with Gasteiger partial charge in [-0.1, -0.05) is 31.2 Å². The van der Waals surface area contributed by atoms with Gasteiger partial charge in [0.15, 0.2) is 0 Å². The Balaban J connectivity index is 1.72. The fourth-order valence-corrected chi connectivity index (χ4v) is 2.54. The highest BCUT2D eigenvalue weighted by molar-refractivity contribution is 5.77. The minimum Gasteiger partial charge on any atom is -0.481 e. The average molecular weight is 261 g/mol. The molecule has 0 fully saturated rings. The van der Waals surface area contributed by atoms with E-state index in [9.17, 15) is 9.59 Å². The first-order valence-electron chi connectivity index (χ1n) is 6.62. The normalized spacial score (nSPS) is 18.1. The number of fused-ring (bicyclic) bond motifs is 1. The van der Waals surface area contributed by atoms with Crippen LogP contribution in [0.2, 0.25) is 0 Å². The topological polar surface area (TPSA) is 66.4 Å². The number of aliphatic carboxylic acids is 1. The largest absolute Gasteiger partial charge is 0.481 e. The Kier molecular flexibility index (Phi) is 4.20. The van der Waals surface area contributed by atoms with Gasteiger partial charge in [-0.05, 0) is 23.5 Å². The zero-order valence-electron chi connectivity index (χ0n) is 11.1. The van der Waals surface area contributed by atoms with Crippen LogP contribution in [-0.4, -0.2) is 23.5 Å². The van der Waals surface area contributed by atoms with Gasteiger partial charge in [0.1, 0.15) is 0 Å². The molecule has 0 heterocycles. The number of carbonyl (C=O) groups is 2. The van der Waals surface area contributed by atoms with Crippen LogP contribution in [0.15, 0.2) is 24.3 Å². The molecule has 1 aromatic rings. The number of rotatable bonds is 6. The molecular weight excluding hydrogens is 242 g/mol. The quantitative estimate of drug-likeness (QED) is 0.822. The van der Waals surface area contributed by atoms with Gasteiger partial charge in [0.2, 0.25) is 5.91 Å². The molecule has 102 valence electrons. The lowest BCUT2D eigenvalue weighted by atomic mass is 9.77. The molecule has 2 unspecified atom stereocenters. The number of hydrogen-bond acceptors (Lipinski definition) is 2. The summed E-state index contributed by atoms with van der Waals surface area (Å²) in [5.41, 5.74) is 2.68. The predicted octanol–water partition coefficient (Wildman–Crippen LogP) is 1.94. The Morgan fingerprint density at radius 2 is 2.11 bits per heavy atom. The molecule has 0 spiro atoms. The van der Waals surface area contributed by atoms with Crippen LogP contribution in [0.5, 0.6) is 0 Å². The summed E-state index contributed by atoms with van der Waals surface area (Å²) in [5.74, 6) is -0.618. The highest BCUT2D eigenvalue weighted by atomic mass is 16.4. The maximum Gasteiger partial charge on any atom is 0.303 e. The van der Waals surface area contributed by atoms with Gasteiger partial charge < -0.3 is 10.4 Å². The van der Waals surface area contributed by atoms with Crippen molar-refractivity contribution in [2.24, 2.45) is 5.92 Å². The number of amides is 1. The SMILES string of the molecule is CC(CC(=O)O)CC(=O)NCC1Cc2ccccc21. The molecule has 0 aromatic heterocycles. The number of benzene rings is 1. The lowest BCUT2D eigenvalue weighted by Gasteiger charge is -2.30. The van der Waals surface area contributed by atoms with Gasteiger partial charge >= 0.3 is 5.97 Å². The second-order valence-electron chi connectivity index (χ2n) is 5.31. The molecule has 2 rings (SSSR count). The third-order valence-electron chi connectivity index (χ3n) is 3.56. The molecule has 0 radical (unpaired) electrons. The molecule has 1 amide bonds. The van der Waals surface area contributed by atoms with Crippen molar-refractivity contribution in [2.45, 2.75) is 32.1 Å². The van der Waals surface area contributed by atoms with Gasteiger partial charge in [0, 0.05) is 25.3 Å². The van der Waals surface area contributed by atoms with Crippen molar-refractivity contribution in [3.8, 4) is 0 Å². The van der Waals surface area contributed by atoms with E-state index in [-0.39, 0.29) is 24.7 Å². The summed E-state index contributed by atoms with van der Waals surface area (Å²) < 4.78 is 0. The van der Waals surface area contributed by atoms with E-state index in [0.717, 1.165) is 6.42 Å². The first-order valence-corrected chi connectivity index (χ1v) is 6.62. The molecule has 19 heavy (non-hydrogen) atoms. The van der Waals surface area contributed by atoms with Gasteiger partial charge in [-0.15, -0.1) is 0 Å². The molecule has 0 bridgehead atoms. The lowest BCUT2D eigenvalue weighted by Crippen LogP contribution is -2.33. The monoisotopic (exact) mass is 261 g/mol. The maximum absolute atomic E-state index is 11.7. The van der Waals surface area contributed by atoms with Crippen molar-refractivity contribution < 1.29 is 14.7 Å². The molecule has 0 aliphatic heterocycles. The van der Waals surface area contributed by atoms with Gasteiger partial charge in [-0.2, -0.15) is 0 Å². The van der Waals surface area contributed by atoms with Crippen LogP contribution in [0, 0.1) is 5.92 Å². The number of hydrogen-bond donors (Lipinski definition) is 2. The minimum atomic E-state index is -0.853. The van der Waals surface area contributed by atoms with Crippen LogP contribution in [0.4, 0.5) is 0 Å². The molecule has 2 atom stereocenters. The van der Waals surface area contributed by atoms with Crippen molar-refractivity contribution in [1.29, 1.82) is 0 Å². The Bertz CT molecular complexity index is 484. The summed E-state index contributed by atoms with van der Waals surface area (Å²) in [6.07, 6.45) is 1.33. The van der Waals surface area contributed by atoms with E-state index in [2.05, 4.69) is 17.4 Å². The summed E-state index contributed by atoms with van der Waals surface area (Å²) in [5, 5.41) is 11.5. The van der Waals surface area contributed by atoms with Crippen molar-refractivity contribution >= 4 is 11.9 Å². The van der Waals surface area contributed by atoms with E-state index in [1.807, 2.05) is 12.1 Å². The number of nitrogens with one attached hydrogen (secondary N) is 1. The smallest absolute Gasteiger partial charge is 0.303 e. The standard InChI is InChI=1S/C15H19NO3/c1-10(7-15(18)19)6-14(17)16-9-12-8-11-4-2-3-5-13(11)12/h2-5,10,12H,6-9H2,1H3,(H,16,17)(H,18,19). The van der Waals surface area contributed by atoms with Crippen molar-refractivity contribution in [3.63, 3.8) is 0 Å². The van der Waals surface area contributed by atoms with Crippen molar-refractivity contribution in [3.05, 3.63) is 35.4 Å². The van der Waals surface area contributed by atoms with Gasteiger partial charge in [-0.3, -0.25) is 9.59 Å². The maximum atomic E-state index is 11.7. The zero-order chi connectivity index (χ0) is 13.8. The van der Waals surface area contributed by atoms with Crippen LogP contribution in [0.3, 0.4) is 0 Å². The van der Waals surface area contributed by atoms with Gasteiger partial charge in [-0.25, -0.2) is 0 Å². The summed E-state index contributed by atoms with van der Waals surface area (Å²) in [7, 11) is 0. The molecule has 2 N–H and O–H groups in total. The molecule has 0 saturated carbocycles. The zero-order valence-corrected chi connectivity index (χ0v) is 11.1. The third kappa shape index (κ3) is 3.56. The van der Waals surface area contributed by atoms with E-state index in [4.69, 9.17) is 5.11 Å². The fourth-order valence-electron chi connectivity index (χ4n) is 2.54. The number of carboxylic acids is 1. The Morgan fingerprint density at radius 3 is 2.79 bits per heavy atom. The van der Waals surface area contributed by atoms with Gasteiger partial charge in [0.05, 0.1) is 0 Å². The first kappa shape index (κ1) is 13.6. The van der Waals surface area contributed by atoms with Gasteiger partial charge in [0.25, 0.3) is 0 Å². The van der Waals surface area contributed by atoms with Crippen LogP contribution in [0.1, 0.15) is 36.8 Å². The molecule has 4 nitrogen and oxygen atoms in total. The summed E-state index contributed by atoms with van der Waals surface area (Å²) in [4.78, 5) is 22.2. The van der Waals surface area contributed by atoms with E-state index < -0.39 is 5.97 Å². The summed E-state index contributed by atoms with van der Waals surface area (Å²) >= 11 is 0. The average Bonchev–Trinajstić information content (AvgIpc) is 2.29. The highest BCUT2D eigenvalue weighted by Gasteiger charge is 2.25. The van der Waals surface area contributed by atoms with Crippen molar-refractivity contribution in [1.82, 2.24) is 5.32 Å².